The predicted octanol–water partition coefficient (Wildman–Crippen LogP) is 2.85. The Balaban J connectivity index is 2.39. The van der Waals surface area contributed by atoms with Crippen LogP contribution in [0.1, 0.15) is 30.0 Å². The summed E-state index contributed by atoms with van der Waals surface area (Å²) in [7, 11) is 0. The standard InChI is InChI=1S/C13H21N/c1-4-14-9-5-6-13-8-7-11(2)12(3)10-13/h7-8,10,14H,4-6,9H2,1-3H3. The number of hydrogen-bond acceptors (Lipinski definition) is 1. The SMILES string of the molecule is CCNCCCc1ccc(C)c(C)c1. The molecule has 0 spiro atoms. The highest BCUT2D eigenvalue weighted by Gasteiger charge is 1.96. The van der Waals surface area contributed by atoms with Gasteiger partial charge in [0.2, 0.25) is 0 Å². The number of aryl methyl sites for hydroxylation is 3. The number of rotatable bonds is 5. The van der Waals surface area contributed by atoms with Gasteiger partial charge in [-0.25, -0.2) is 0 Å². The Morgan fingerprint density at radius 3 is 2.57 bits per heavy atom. The molecule has 0 fully saturated rings. The molecule has 14 heavy (non-hydrogen) atoms. The second kappa shape index (κ2) is 5.82. The summed E-state index contributed by atoms with van der Waals surface area (Å²) in [5.74, 6) is 0. The summed E-state index contributed by atoms with van der Waals surface area (Å²) >= 11 is 0. The lowest BCUT2D eigenvalue weighted by molar-refractivity contribution is 0.672. The van der Waals surface area contributed by atoms with E-state index in [0.29, 0.717) is 0 Å². The molecule has 1 nitrogen and oxygen atoms in total. The first-order chi connectivity index (χ1) is 6.74. The maximum absolute atomic E-state index is 3.34. The fraction of sp³-hybridized carbons (Fsp3) is 0.538. The Kier molecular flexibility index (Phi) is 4.68. The molecule has 0 heterocycles. The normalized spacial score (nSPS) is 10.5. The van der Waals surface area contributed by atoms with Crippen LogP contribution in [0.4, 0.5) is 0 Å². The van der Waals surface area contributed by atoms with Crippen molar-refractivity contribution in [3.8, 4) is 0 Å². The van der Waals surface area contributed by atoms with E-state index in [-0.39, 0.29) is 0 Å². The van der Waals surface area contributed by atoms with Crippen LogP contribution in [-0.4, -0.2) is 13.1 Å². The molecular formula is C13H21N. The van der Waals surface area contributed by atoms with Crippen molar-refractivity contribution in [2.45, 2.75) is 33.6 Å². The van der Waals surface area contributed by atoms with Gasteiger partial charge in [0, 0.05) is 0 Å². The number of hydrogen-bond donors (Lipinski definition) is 1. The Labute approximate surface area is 87.5 Å². The molecule has 1 aromatic rings. The summed E-state index contributed by atoms with van der Waals surface area (Å²) < 4.78 is 0. The molecule has 0 saturated carbocycles. The van der Waals surface area contributed by atoms with E-state index in [1.54, 1.807) is 0 Å². The molecule has 0 bridgehead atoms. The zero-order chi connectivity index (χ0) is 10.4. The lowest BCUT2D eigenvalue weighted by Crippen LogP contribution is -2.14. The minimum absolute atomic E-state index is 1.08. The molecule has 0 aromatic heterocycles. The van der Waals surface area contributed by atoms with Crippen molar-refractivity contribution in [1.82, 2.24) is 5.32 Å². The first kappa shape index (κ1) is 11.3. The molecule has 0 unspecified atom stereocenters. The third kappa shape index (κ3) is 3.51. The van der Waals surface area contributed by atoms with Gasteiger partial charge in [-0.15, -0.1) is 0 Å². The van der Waals surface area contributed by atoms with E-state index >= 15 is 0 Å². The van der Waals surface area contributed by atoms with E-state index in [1.165, 1.54) is 29.5 Å². The number of nitrogens with one attached hydrogen (secondary N) is 1. The van der Waals surface area contributed by atoms with Crippen LogP contribution >= 0.6 is 0 Å². The molecule has 0 atom stereocenters. The summed E-state index contributed by atoms with van der Waals surface area (Å²) in [4.78, 5) is 0. The van der Waals surface area contributed by atoms with Gasteiger partial charge in [0.15, 0.2) is 0 Å². The maximum atomic E-state index is 3.34. The summed E-state index contributed by atoms with van der Waals surface area (Å²) in [6.07, 6.45) is 2.42. The average Bonchev–Trinajstić information content (AvgIpc) is 2.18. The zero-order valence-electron chi connectivity index (χ0n) is 9.56. The van der Waals surface area contributed by atoms with Crippen LogP contribution in [-0.2, 0) is 6.42 Å². The largest absolute Gasteiger partial charge is 0.317 e. The summed E-state index contributed by atoms with van der Waals surface area (Å²) in [6, 6.07) is 6.77. The van der Waals surface area contributed by atoms with Crippen molar-refractivity contribution in [3.05, 3.63) is 34.9 Å². The molecular weight excluding hydrogens is 170 g/mol. The minimum atomic E-state index is 1.08. The van der Waals surface area contributed by atoms with E-state index in [0.717, 1.165) is 13.1 Å². The third-order valence-electron chi connectivity index (χ3n) is 2.64. The Bertz CT molecular complexity index is 279. The Hall–Kier alpha value is -0.820. The van der Waals surface area contributed by atoms with Gasteiger partial charge in [-0.05, 0) is 56.5 Å². The monoisotopic (exact) mass is 191 g/mol. The van der Waals surface area contributed by atoms with Crippen LogP contribution < -0.4 is 5.32 Å². The van der Waals surface area contributed by atoms with E-state index in [9.17, 15) is 0 Å². The fourth-order valence-corrected chi connectivity index (χ4v) is 1.55. The van der Waals surface area contributed by atoms with Crippen LogP contribution in [0.3, 0.4) is 0 Å². The summed E-state index contributed by atoms with van der Waals surface area (Å²) in [6.45, 7) is 8.70. The molecule has 0 aliphatic rings. The number of benzene rings is 1. The van der Waals surface area contributed by atoms with Gasteiger partial charge in [0.1, 0.15) is 0 Å². The van der Waals surface area contributed by atoms with Crippen LogP contribution in [0, 0.1) is 13.8 Å². The molecule has 1 aromatic carbocycles. The highest BCUT2D eigenvalue weighted by molar-refractivity contribution is 5.29. The first-order valence-corrected chi connectivity index (χ1v) is 5.51. The van der Waals surface area contributed by atoms with Crippen molar-refractivity contribution in [2.75, 3.05) is 13.1 Å². The smallest absolute Gasteiger partial charge is 0.00459 e. The molecule has 1 rings (SSSR count). The van der Waals surface area contributed by atoms with Gasteiger partial charge in [-0.1, -0.05) is 25.1 Å². The van der Waals surface area contributed by atoms with Gasteiger partial charge in [0.05, 0.1) is 0 Å². The Morgan fingerprint density at radius 1 is 1.14 bits per heavy atom. The van der Waals surface area contributed by atoms with Crippen molar-refractivity contribution < 1.29 is 0 Å². The van der Waals surface area contributed by atoms with Gasteiger partial charge < -0.3 is 5.32 Å². The van der Waals surface area contributed by atoms with Crippen LogP contribution in [0.5, 0.6) is 0 Å². The van der Waals surface area contributed by atoms with E-state index in [1.807, 2.05) is 0 Å². The van der Waals surface area contributed by atoms with Crippen LogP contribution in [0.2, 0.25) is 0 Å². The van der Waals surface area contributed by atoms with Gasteiger partial charge in [0.25, 0.3) is 0 Å². The molecule has 0 aliphatic carbocycles. The Morgan fingerprint density at radius 2 is 1.93 bits per heavy atom. The molecule has 0 aliphatic heterocycles. The van der Waals surface area contributed by atoms with Crippen molar-refractivity contribution in [3.63, 3.8) is 0 Å². The highest BCUT2D eigenvalue weighted by Crippen LogP contribution is 2.10. The molecule has 78 valence electrons. The summed E-state index contributed by atoms with van der Waals surface area (Å²) in [5, 5.41) is 3.34. The van der Waals surface area contributed by atoms with Crippen LogP contribution in [0.15, 0.2) is 18.2 Å². The predicted molar refractivity (Wildman–Crippen MR) is 62.8 cm³/mol. The summed E-state index contributed by atoms with van der Waals surface area (Å²) in [5.41, 5.74) is 4.26. The van der Waals surface area contributed by atoms with Crippen molar-refractivity contribution in [1.29, 1.82) is 0 Å². The van der Waals surface area contributed by atoms with Crippen molar-refractivity contribution in [2.24, 2.45) is 0 Å². The highest BCUT2D eigenvalue weighted by atomic mass is 14.8. The third-order valence-corrected chi connectivity index (χ3v) is 2.64. The lowest BCUT2D eigenvalue weighted by atomic mass is 10.0. The first-order valence-electron chi connectivity index (χ1n) is 5.51. The van der Waals surface area contributed by atoms with Crippen molar-refractivity contribution >= 4 is 0 Å². The van der Waals surface area contributed by atoms with Gasteiger partial charge in [-0.3, -0.25) is 0 Å². The fourth-order valence-electron chi connectivity index (χ4n) is 1.55. The maximum Gasteiger partial charge on any atom is -0.00459 e. The van der Waals surface area contributed by atoms with E-state index in [2.05, 4.69) is 44.3 Å². The van der Waals surface area contributed by atoms with Gasteiger partial charge in [-0.2, -0.15) is 0 Å². The minimum Gasteiger partial charge on any atom is -0.317 e. The lowest BCUT2D eigenvalue weighted by Gasteiger charge is -2.05. The topological polar surface area (TPSA) is 12.0 Å². The zero-order valence-corrected chi connectivity index (χ0v) is 9.56. The molecule has 1 heteroatoms. The second-order valence-electron chi connectivity index (χ2n) is 3.88. The van der Waals surface area contributed by atoms with Crippen LogP contribution in [0.25, 0.3) is 0 Å². The molecule has 0 saturated heterocycles. The van der Waals surface area contributed by atoms with E-state index < -0.39 is 0 Å². The second-order valence-corrected chi connectivity index (χ2v) is 3.88. The average molecular weight is 191 g/mol. The molecule has 1 N–H and O–H groups in total. The molecule has 0 radical (unpaired) electrons. The quantitative estimate of drug-likeness (QED) is 0.706. The molecule has 0 amide bonds. The van der Waals surface area contributed by atoms with Gasteiger partial charge >= 0.3 is 0 Å². The van der Waals surface area contributed by atoms with E-state index in [4.69, 9.17) is 0 Å².